The van der Waals surface area contributed by atoms with Crippen molar-refractivity contribution in [2.24, 2.45) is 0 Å². The number of hydrogen-bond acceptors (Lipinski definition) is 6. The molecule has 2 aromatic rings. The second kappa shape index (κ2) is 6.93. The normalized spacial score (nSPS) is 22.7. The van der Waals surface area contributed by atoms with Crippen LogP contribution in [0.2, 0.25) is 18.1 Å². The number of phenols is 1. The summed E-state index contributed by atoms with van der Waals surface area (Å²) in [5.41, 5.74) is 3.96. The molecule has 0 saturated carbocycles. The number of aromatic hydroxyl groups is 1. The van der Waals surface area contributed by atoms with Gasteiger partial charge in [-0.25, -0.2) is 9.78 Å². The number of benzene rings is 1. The van der Waals surface area contributed by atoms with Gasteiger partial charge in [-0.2, -0.15) is 0 Å². The van der Waals surface area contributed by atoms with Gasteiger partial charge in [0.05, 0.1) is 25.0 Å². The van der Waals surface area contributed by atoms with Crippen LogP contribution in [-0.2, 0) is 16.1 Å². The lowest BCUT2D eigenvalue weighted by atomic mass is 9.83. The number of pyridine rings is 1. The topological polar surface area (TPSA) is 82.9 Å². The monoisotopic (exact) mass is 464 g/mol. The standard InChI is InChI=1S/C26H32N2O4Si/c1-7-26(31)19-11-21-22-18(13-28(21)12-15(19)14-32-24(26)30)23(33(5,6)25(2,3)4)17-10-16(29)8-9-20(17)27-22/h8-11,29,31H,7,12-14H2,1-6H3/t26-/m0/s1. The molecule has 3 aliphatic rings. The molecule has 0 amide bonds. The number of nitrogens with zero attached hydrogens (tertiary/aromatic N) is 2. The van der Waals surface area contributed by atoms with Crippen molar-refractivity contribution >= 4 is 35.8 Å². The molecule has 3 aliphatic heterocycles. The Bertz CT molecular complexity index is 1270. The van der Waals surface area contributed by atoms with Crippen LogP contribution in [0.15, 0.2) is 35.4 Å². The van der Waals surface area contributed by atoms with E-state index in [9.17, 15) is 15.0 Å². The molecule has 33 heavy (non-hydrogen) atoms. The van der Waals surface area contributed by atoms with E-state index in [1.807, 2.05) is 18.2 Å². The fraction of sp³-hybridized carbons (Fsp3) is 0.462. The molecule has 0 bridgehead atoms. The molecule has 0 radical (unpaired) electrons. The van der Waals surface area contributed by atoms with Crippen LogP contribution in [0.3, 0.4) is 0 Å². The first-order valence-corrected chi connectivity index (χ1v) is 14.6. The van der Waals surface area contributed by atoms with E-state index >= 15 is 0 Å². The predicted molar refractivity (Wildman–Crippen MR) is 132 cm³/mol. The predicted octanol–water partition coefficient (Wildman–Crippen LogP) is 3.82. The molecule has 1 atom stereocenters. The Hall–Kier alpha value is -2.64. The lowest BCUT2D eigenvalue weighted by Gasteiger charge is -2.39. The molecule has 7 heteroatoms. The molecule has 0 saturated heterocycles. The third kappa shape index (κ3) is 3.02. The van der Waals surface area contributed by atoms with Crippen molar-refractivity contribution in [3.63, 3.8) is 0 Å². The summed E-state index contributed by atoms with van der Waals surface area (Å²) in [7, 11) is -2.02. The van der Waals surface area contributed by atoms with Crippen LogP contribution >= 0.6 is 0 Å². The zero-order valence-corrected chi connectivity index (χ0v) is 21.2. The van der Waals surface area contributed by atoms with E-state index in [0.29, 0.717) is 12.1 Å². The van der Waals surface area contributed by atoms with E-state index < -0.39 is 19.6 Å². The number of carbonyl (C=O) groups excluding carboxylic acids is 1. The van der Waals surface area contributed by atoms with Gasteiger partial charge in [-0.05, 0) is 52.1 Å². The number of cyclic esters (lactones) is 1. The van der Waals surface area contributed by atoms with E-state index in [4.69, 9.17) is 9.72 Å². The number of carbonyl (C=O) groups is 1. The minimum Gasteiger partial charge on any atom is -0.508 e. The summed E-state index contributed by atoms with van der Waals surface area (Å²) in [5, 5.41) is 23.9. The summed E-state index contributed by atoms with van der Waals surface area (Å²) in [6.45, 7) is 15.0. The molecule has 1 aromatic carbocycles. The van der Waals surface area contributed by atoms with Crippen molar-refractivity contribution in [3.05, 3.63) is 46.7 Å². The highest BCUT2D eigenvalue weighted by atomic mass is 28.3. The molecule has 4 heterocycles. The molecule has 1 aromatic heterocycles. The summed E-state index contributed by atoms with van der Waals surface area (Å²) >= 11 is 0. The van der Waals surface area contributed by atoms with Gasteiger partial charge in [0.25, 0.3) is 0 Å². The Labute approximate surface area is 195 Å². The van der Waals surface area contributed by atoms with Crippen LogP contribution in [0.4, 0.5) is 0 Å². The van der Waals surface area contributed by atoms with Gasteiger partial charge in [0, 0.05) is 24.0 Å². The average Bonchev–Trinajstić information content (AvgIpc) is 3.09. The van der Waals surface area contributed by atoms with Crippen molar-refractivity contribution in [2.75, 3.05) is 13.2 Å². The van der Waals surface area contributed by atoms with Gasteiger partial charge in [0.15, 0.2) is 5.60 Å². The molecule has 0 spiro atoms. The summed E-state index contributed by atoms with van der Waals surface area (Å²) < 4.78 is 5.34. The van der Waals surface area contributed by atoms with E-state index in [1.165, 1.54) is 10.8 Å². The first-order valence-electron chi connectivity index (χ1n) is 11.6. The van der Waals surface area contributed by atoms with Crippen molar-refractivity contribution in [3.8, 4) is 5.75 Å². The summed E-state index contributed by atoms with van der Waals surface area (Å²) in [6, 6.07) is 5.43. The van der Waals surface area contributed by atoms with E-state index in [2.05, 4.69) is 38.8 Å². The van der Waals surface area contributed by atoms with Gasteiger partial charge < -0.3 is 19.8 Å². The number of fused-ring (bicyclic) bond motifs is 4. The fourth-order valence-electron chi connectivity index (χ4n) is 5.28. The summed E-state index contributed by atoms with van der Waals surface area (Å²) in [4.78, 5) is 19.8. The minimum absolute atomic E-state index is 0.0954. The number of aliphatic hydroxyl groups is 1. The van der Waals surface area contributed by atoms with Crippen molar-refractivity contribution in [1.82, 2.24) is 9.88 Å². The number of ether oxygens (including phenoxy) is 1. The smallest absolute Gasteiger partial charge is 0.343 e. The maximum absolute atomic E-state index is 12.5. The lowest BCUT2D eigenvalue weighted by Crippen LogP contribution is -2.51. The average molecular weight is 465 g/mol. The Balaban J connectivity index is 1.78. The Kier molecular flexibility index (Phi) is 4.66. The highest BCUT2D eigenvalue weighted by Crippen LogP contribution is 2.45. The van der Waals surface area contributed by atoms with Gasteiger partial charge in [-0.3, -0.25) is 0 Å². The maximum atomic E-state index is 12.5. The molecule has 174 valence electrons. The largest absolute Gasteiger partial charge is 0.508 e. The summed E-state index contributed by atoms with van der Waals surface area (Å²) in [5.74, 6) is -0.323. The van der Waals surface area contributed by atoms with Gasteiger partial charge in [0.1, 0.15) is 12.4 Å². The van der Waals surface area contributed by atoms with Gasteiger partial charge in [-0.15, -0.1) is 0 Å². The molecule has 2 N–H and O–H groups in total. The Morgan fingerprint density at radius 2 is 1.97 bits per heavy atom. The highest BCUT2D eigenvalue weighted by molar-refractivity contribution is 6.94. The lowest BCUT2D eigenvalue weighted by molar-refractivity contribution is -0.163. The van der Waals surface area contributed by atoms with Crippen LogP contribution in [0.1, 0.15) is 45.4 Å². The van der Waals surface area contributed by atoms with E-state index in [1.54, 1.807) is 13.0 Å². The molecule has 0 unspecified atom stereocenters. The number of aromatic nitrogens is 1. The van der Waals surface area contributed by atoms with Gasteiger partial charge >= 0.3 is 5.97 Å². The van der Waals surface area contributed by atoms with Crippen LogP contribution < -0.4 is 5.19 Å². The third-order valence-corrected chi connectivity index (χ3v) is 13.8. The number of rotatable bonds is 2. The quantitative estimate of drug-likeness (QED) is 0.519. The second-order valence-electron chi connectivity index (χ2n) is 11.1. The number of phenolic OH excluding ortho intramolecular Hbond substituents is 1. The third-order valence-electron chi connectivity index (χ3n) is 8.22. The van der Waals surface area contributed by atoms with Crippen molar-refractivity contribution < 1.29 is 19.7 Å². The maximum Gasteiger partial charge on any atom is 0.343 e. The zero-order valence-electron chi connectivity index (χ0n) is 20.2. The molecule has 0 aliphatic carbocycles. The SMILES string of the molecule is CC[C@@]1(O)C(=O)OCC2=C1C=C1c3nc4ccc(O)cc4c([Si](C)(C)C(C)(C)C)c3CN1C2. The minimum atomic E-state index is -2.02. The number of hydrogen-bond donors (Lipinski definition) is 2. The van der Waals surface area contributed by atoms with Crippen LogP contribution in [-0.4, -0.2) is 52.9 Å². The van der Waals surface area contributed by atoms with E-state index in [-0.39, 0.29) is 23.8 Å². The Morgan fingerprint density at radius 3 is 2.64 bits per heavy atom. The van der Waals surface area contributed by atoms with E-state index in [0.717, 1.165) is 34.4 Å². The molecule has 0 fully saturated rings. The van der Waals surface area contributed by atoms with Crippen LogP contribution in [0.5, 0.6) is 5.75 Å². The summed E-state index contributed by atoms with van der Waals surface area (Å²) in [6.07, 6.45) is 2.23. The Morgan fingerprint density at radius 1 is 1.24 bits per heavy atom. The molecule has 6 nitrogen and oxygen atoms in total. The molecular weight excluding hydrogens is 432 g/mol. The number of esters is 1. The highest BCUT2D eigenvalue weighted by Gasteiger charge is 2.48. The second-order valence-corrected chi connectivity index (χ2v) is 16.3. The molecule has 5 rings (SSSR count). The molecular formula is C26H32N2O4Si. The van der Waals surface area contributed by atoms with Crippen molar-refractivity contribution in [1.29, 1.82) is 0 Å². The van der Waals surface area contributed by atoms with Crippen LogP contribution in [0, 0.1) is 0 Å². The first-order chi connectivity index (χ1) is 15.4. The zero-order chi connectivity index (χ0) is 23.9. The fourth-order valence-corrected chi connectivity index (χ4v) is 7.85. The van der Waals surface area contributed by atoms with Gasteiger partial charge in [0.2, 0.25) is 0 Å². The first kappa shape index (κ1) is 22.2. The van der Waals surface area contributed by atoms with Crippen LogP contribution in [0.25, 0.3) is 16.6 Å². The van der Waals surface area contributed by atoms with Crippen molar-refractivity contribution in [2.45, 2.75) is 64.4 Å². The van der Waals surface area contributed by atoms with Gasteiger partial charge in [-0.1, -0.05) is 40.8 Å².